The van der Waals surface area contributed by atoms with E-state index in [1.165, 1.54) is 18.3 Å². The first-order chi connectivity index (χ1) is 9.88. The molecule has 0 saturated carbocycles. The van der Waals surface area contributed by atoms with Crippen molar-refractivity contribution in [3.63, 3.8) is 0 Å². The molecule has 2 rings (SSSR count). The number of aromatic nitrogens is 1. The number of nitro benzene ring substituents is 1. The first-order valence-electron chi connectivity index (χ1n) is 5.50. The minimum absolute atomic E-state index is 0.00427. The van der Waals surface area contributed by atoms with Gasteiger partial charge in [0.2, 0.25) is 0 Å². The smallest absolute Gasteiger partial charge is 0.272 e. The predicted octanol–water partition coefficient (Wildman–Crippen LogP) is 3.37. The molecule has 0 saturated heterocycles. The highest BCUT2D eigenvalue weighted by molar-refractivity contribution is 6.37. The minimum Gasteiger partial charge on any atom is -0.454 e. The fourth-order valence-corrected chi connectivity index (χ4v) is 2.04. The Kier molecular flexibility index (Phi) is 4.25. The van der Waals surface area contributed by atoms with Crippen LogP contribution in [0.2, 0.25) is 10.0 Å². The zero-order chi connectivity index (χ0) is 15.6. The number of nitrogens with two attached hydrogens (primary N) is 1. The predicted molar refractivity (Wildman–Crippen MR) is 78.4 cm³/mol. The van der Waals surface area contributed by atoms with Crippen molar-refractivity contribution >= 4 is 34.7 Å². The number of nitrogen functional groups attached to an aromatic ring is 1. The summed E-state index contributed by atoms with van der Waals surface area (Å²) in [5, 5.41) is 18.0. The van der Waals surface area contributed by atoms with E-state index in [1.807, 2.05) is 0 Å². The average molecular weight is 327 g/mol. The zero-order valence-corrected chi connectivity index (χ0v) is 11.9. The van der Waals surface area contributed by atoms with Crippen LogP contribution in [0.5, 0.6) is 11.5 Å². The fraction of sp³-hybridized carbons (Fsp3) is 0. The molecule has 108 valence electrons. The number of nitro groups is 1. The molecule has 1 heterocycles. The van der Waals surface area contributed by atoms with Crippen LogP contribution in [-0.4, -0.2) is 15.7 Å². The molecule has 7 nitrogen and oxygen atoms in total. The quantitative estimate of drug-likeness (QED) is 0.386. The van der Waals surface area contributed by atoms with Gasteiger partial charge >= 0.3 is 0 Å². The summed E-state index contributed by atoms with van der Waals surface area (Å²) in [5.41, 5.74) is 5.31. The Bertz CT molecular complexity index is 713. The highest BCUT2D eigenvalue weighted by Gasteiger charge is 2.16. The van der Waals surface area contributed by atoms with E-state index in [0.29, 0.717) is 5.75 Å². The first kappa shape index (κ1) is 15.0. The van der Waals surface area contributed by atoms with E-state index in [0.717, 1.165) is 12.1 Å². The van der Waals surface area contributed by atoms with E-state index in [2.05, 4.69) is 4.98 Å². The monoisotopic (exact) mass is 326 g/mol. The summed E-state index contributed by atoms with van der Waals surface area (Å²) in [7, 11) is 0. The number of benzene rings is 1. The van der Waals surface area contributed by atoms with Gasteiger partial charge in [-0.1, -0.05) is 23.2 Å². The van der Waals surface area contributed by atoms with Crippen molar-refractivity contribution in [2.24, 2.45) is 5.73 Å². The number of non-ortho nitro benzene ring substituents is 1. The maximum absolute atomic E-state index is 10.7. The second kappa shape index (κ2) is 5.94. The topological polar surface area (TPSA) is 115 Å². The Labute approximate surface area is 128 Å². The van der Waals surface area contributed by atoms with Crippen molar-refractivity contribution in [3.8, 4) is 11.5 Å². The normalized spacial score (nSPS) is 10.2. The summed E-state index contributed by atoms with van der Waals surface area (Å²) in [6, 6.07) is 5.21. The van der Waals surface area contributed by atoms with Gasteiger partial charge in [0.25, 0.3) is 5.69 Å². The van der Waals surface area contributed by atoms with Gasteiger partial charge in [0.1, 0.15) is 17.3 Å². The third-order valence-electron chi connectivity index (χ3n) is 2.42. The molecule has 0 fully saturated rings. The molecule has 2 aromatic rings. The SMILES string of the molecule is N=C(N)c1cc(Oc2c(Cl)cc([N+](=O)[O-])cc2Cl)ccn1. The van der Waals surface area contributed by atoms with Gasteiger partial charge in [0.05, 0.1) is 15.0 Å². The summed E-state index contributed by atoms with van der Waals surface area (Å²) in [6.45, 7) is 0. The van der Waals surface area contributed by atoms with Crippen LogP contribution >= 0.6 is 23.2 Å². The molecule has 1 aromatic heterocycles. The van der Waals surface area contributed by atoms with Crippen molar-refractivity contribution in [2.45, 2.75) is 0 Å². The van der Waals surface area contributed by atoms with Crippen molar-refractivity contribution in [1.82, 2.24) is 4.98 Å². The van der Waals surface area contributed by atoms with Crippen LogP contribution in [0.1, 0.15) is 5.69 Å². The molecule has 0 atom stereocenters. The lowest BCUT2D eigenvalue weighted by Crippen LogP contribution is -2.12. The highest BCUT2D eigenvalue weighted by Crippen LogP contribution is 2.39. The van der Waals surface area contributed by atoms with Crippen LogP contribution < -0.4 is 10.5 Å². The summed E-state index contributed by atoms with van der Waals surface area (Å²) in [4.78, 5) is 14.0. The van der Waals surface area contributed by atoms with Crippen LogP contribution in [0.4, 0.5) is 5.69 Å². The highest BCUT2D eigenvalue weighted by atomic mass is 35.5. The van der Waals surface area contributed by atoms with Crippen molar-refractivity contribution in [2.75, 3.05) is 0 Å². The van der Waals surface area contributed by atoms with Gasteiger partial charge in [-0.3, -0.25) is 20.5 Å². The standard InChI is InChI=1S/C12H8Cl2N4O3/c13-8-3-6(18(19)20)4-9(14)11(8)21-7-1-2-17-10(5-7)12(15)16/h1-5H,(H3,15,16). The third kappa shape index (κ3) is 3.39. The van der Waals surface area contributed by atoms with Crippen molar-refractivity contribution in [1.29, 1.82) is 5.41 Å². The van der Waals surface area contributed by atoms with Gasteiger partial charge in [-0.25, -0.2) is 0 Å². The molecule has 0 aliphatic carbocycles. The van der Waals surface area contributed by atoms with Gasteiger partial charge < -0.3 is 10.5 Å². The number of pyridine rings is 1. The molecule has 3 N–H and O–H groups in total. The molecule has 0 aliphatic heterocycles. The second-order valence-corrected chi connectivity index (χ2v) is 4.70. The van der Waals surface area contributed by atoms with Crippen LogP contribution in [-0.2, 0) is 0 Å². The summed E-state index contributed by atoms with van der Waals surface area (Å²) in [5.74, 6) is 0.152. The first-order valence-corrected chi connectivity index (χ1v) is 6.26. The van der Waals surface area contributed by atoms with Crippen LogP contribution in [0.25, 0.3) is 0 Å². The van der Waals surface area contributed by atoms with E-state index in [4.69, 9.17) is 39.1 Å². The maximum atomic E-state index is 10.7. The molecular weight excluding hydrogens is 319 g/mol. The molecule has 0 spiro atoms. The van der Waals surface area contributed by atoms with Crippen LogP contribution in [0.15, 0.2) is 30.5 Å². The molecule has 0 unspecified atom stereocenters. The van der Waals surface area contributed by atoms with Crippen molar-refractivity contribution in [3.05, 3.63) is 56.3 Å². The molecule has 0 amide bonds. The number of nitrogens with zero attached hydrogens (tertiary/aromatic N) is 2. The lowest BCUT2D eigenvalue weighted by Gasteiger charge is -2.10. The molecule has 0 bridgehead atoms. The third-order valence-corrected chi connectivity index (χ3v) is 2.98. The van der Waals surface area contributed by atoms with Crippen LogP contribution in [0, 0.1) is 15.5 Å². The van der Waals surface area contributed by atoms with Gasteiger partial charge in [-0.15, -0.1) is 0 Å². The number of hydrogen-bond donors (Lipinski definition) is 2. The lowest BCUT2D eigenvalue weighted by molar-refractivity contribution is -0.384. The molecular formula is C12H8Cl2N4O3. The van der Waals surface area contributed by atoms with E-state index in [1.54, 1.807) is 0 Å². The van der Waals surface area contributed by atoms with E-state index in [9.17, 15) is 10.1 Å². The number of halogens is 2. The Hall–Kier alpha value is -2.38. The molecule has 0 aliphatic rings. The molecule has 21 heavy (non-hydrogen) atoms. The van der Waals surface area contributed by atoms with Gasteiger partial charge in [0.15, 0.2) is 5.75 Å². The molecule has 1 aromatic carbocycles. The average Bonchev–Trinajstić information content (AvgIpc) is 2.42. The van der Waals surface area contributed by atoms with Gasteiger partial charge in [-0.05, 0) is 6.07 Å². The fourth-order valence-electron chi connectivity index (χ4n) is 1.49. The molecule has 9 heteroatoms. The Morgan fingerprint density at radius 1 is 1.33 bits per heavy atom. The summed E-state index contributed by atoms with van der Waals surface area (Å²) < 4.78 is 5.49. The van der Waals surface area contributed by atoms with E-state index in [-0.39, 0.29) is 33.0 Å². The Morgan fingerprint density at radius 2 is 1.95 bits per heavy atom. The van der Waals surface area contributed by atoms with Gasteiger partial charge in [0, 0.05) is 24.4 Å². The summed E-state index contributed by atoms with van der Waals surface area (Å²) >= 11 is 11.9. The molecule has 0 radical (unpaired) electrons. The number of amidine groups is 1. The van der Waals surface area contributed by atoms with Crippen LogP contribution in [0.3, 0.4) is 0 Å². The van der Waals surface area contributed by atoms with E-state index < -0.39 is 4.92 Å². The number of nitrogens with one attached hydrogen (secondary N) is 1. The number of hydrogen-bond acceptors (Lipinski definition) is 5. The number of rotatable bonds is 4. The summed E-state index contributed by atoms with van der Waals surface area (Å²) in [6.07, 6.45) is 1.40. The Morgan fingerprint density at radius 3 is 2.48 bits per heavy atom. The second-order valence-electron chi connectivity index (χ2n) is 3.89. The minimum atomic E-state index is -0.609. The van der Waals surface area contributed by atoms with Gasteiger partial charge in [-0.2, -0.15) is 0 Å². The maximum Gasteiger partial charge on any atom is 0.272 e. The zero-order valence-electron chi connectivity index (χ0n) is 10.3. The number of ether oxygens (including phenoxy) is 1. The largest absolute Gasteiger partial charge is 0.454 e. The Balaban J connectivity index is 2.38. The lowest BCUT2D eigenvalue weighted by atomic mass is 10.3. The van der Waals surface area contributed by atoms with E-state index >= 15 is 0 Å². The van der Waals surface area contributed by atoms with Crippen molar-refractivity contribution < 1.29 is 9.66 Å².